The highest BCUT2D eigenvalue weighted by atomic mass is 35.5. The summed E-state index contributed by atoms with van der Waals surface area (Å²) in [7, 11) is 1.67. The van der Waals surface area contributed by atoms with Gasteiger partial charge in [0.25, 0.3) is 0 Å². The van der Waals surface area contributed by atoms with Crippen molar-refractivity contribution in [2.75, 3.05) is 25.6 Å². The Hall–Kier alpha value is -1.17. The van der Waals surface area contributed by atoms with Gasteiger partial charge in [-0.05, 0) is 12.1 Å². The summed E-state index contributed by atoms with van der Waals surface area (Å²) in [5.41, 5.74) is 0.925. The van der Waals surface area contributed by atoms with Crippen LogP contribution in [0.4, 0.5) is 5.13 Å². The summed E-state index contributed by atoms with van der Waals surface area (Å²) >= 11 is 7.25. The second kappa shape index (κ2) is 5.95. The number of hydrogen-bond acceptors (Lipinski definition) is 5. The molecule has 0 amide bonds. The molecule has 90 valence electrons. The largest absolute Gasteiger partial charge is 0.383 e. The van der Waals surface area contributed by atoms with Gasteiger partial charge in [0.2, 0.25) is 5.13 Å². The van der Waals surface area contributed by atoms with Crippen LogP contribution in [-0.4, -0.2) is 29.6 Å². The van der Waals surface area contributed by atoms with Crippen molar-refractivity contribution in [1.29, 1.82) is 0 Å². The SMILES string of the molecule is COCCNc1nc(-c2cccc(Cl)c2)ns1. The number of methoxy groups -OCH3 is 1. The van der Waals surface area contributed by atoms with Gasteiger partial charge in [-0.25, -0.2) is 0 Å². The number of hydrogen-bond donors (Lipinski definition) is 1. The molecule has 0 atom stereocenters. The molecule has 0 aliphatic rings. The van der Waals surface area contributed by atoms with Crippen molar-refractivity contribution in [3.63, 3.8) is 0 Å². The predicted molar refractivity (Wildman–Crippen MR) is 70.7 cm³/mol. The predicted octanol–water partition coefficient (Wildman–Crippen LogP) is 2.92. The Kier molecular flexibility index (Phi) is 4.30. The molecular formula is C11H12ClN3OS. The fourth-order valence-corrected chi connectivity index (χ4v) is 2.10. The minimum absolute atomic E-state index is 0.645. The van der Waals surface area contributed by atoms with Crippen LogP contribution in [0.5, 0.6) is 0 Å². The first kappa shape index (κ1) is 12.3. The Morgan fingerprint density at radius 3 is 3.12 bits per heavy atom. The Bertz CT molecular complexity index is 489. The molecule has 2 aromatic rings. The lowest BCUT2D eigenvalue weighted by Gasteiger charge is -1.99. The summed E-state index contributed by atoms with van der Waals surface area (Å²) in [5, 5.41) is 4.61. The van der Waals surface area contributed by atoms with Crippen molar-refractivity contribution in [1.82, 2.24) is 9.36 Å². The first-order valence-corrected chi connectivity index (χ1v) is 6.27. The van der Waals surface area contributed by atoms with E-state index in [4.69, 9.17) is 16.3 Å². The lowest BCUT2D eigenvalue weighted by molar-refractivity contribution is 0.211. The number of rotatable bonds is 5. The van der Waals surface area contributed by atoms with Gasteiger partial charge in [-0.3, -0.25) is 0 Å². The van der Waals surface area contributed by atoms with Gasteiger partial charge in [0.1, 0.15) is 0 Å². The minimum Gasteiger partial charge on any atom is -0.383 e. The second-order valence-corrected chi connectivity index (χ2v) is 4.54. The molecule has 1 aromatic heterocycles. The zero-order chi connectivity index (χ0) is 12.1. The Labute approximate surface area is 109 Å². The lowest BCUT2D eigenvalue weighted by atomic mass is 10.2. The van der Waals surface area contributed by atoms with Gasteiger partial charge in [0.15, 0.2) is 5.82 Å². The molecule has 0 aliphatic carbocycles. The fraction of sp³-hybridized carbons (Fsp3) is 0.273. The number of benzene rings is 1. The highest BCUT2D eigenvalue weighted by Crippen LogP contribution is 2.23. The van der Waals surface area contributed by atoms with E-state index in [0.717, 1.165) is 17.2 Å². The first-order valence-electron chi connectivity index (χ1n) is 5.12. The van der Waals surface area contributed by atoms with Crippen LogP contribution < -0.4 is 5.32 Å². The molecule has 0 unspecified atom stereocenters. The fourth-order valence-electron chi connectivity index (χ4n) is 1.30. The van der Waals surface area contributed by atoms with E-state index < -0.39 is 0 Å². The number of nitrogens with zero attached hydrogens (tertiary/aromatic N) is 2. The van der Waals surface area contributed by atoms with E-state index in [2.05, 4.69) is 14.7 Å². The summed E-state index contributed by atoms with van der Waals surface area (Å²) in [6.45, 7) is 1.37. The van der Waals surface area contributed by atoms with Gasteiger partial charge >= 0.3 is 0 Å². The maximum atomic E-state index is 5.92. The van der Waals surface area contributed by atoms with E-state index in [0.29, 0.717) is 17.5 Å². The molecule has 0 saturated carbocycles. The van der Waals surface area contributed by atoms with Gasteiger partial charge in [-0.2, -0.15) is 9.36 Å². The van der Waals surface area contributed by atoms with Crippen molar-refractivity contribution < 1.29 is 4.74 Å². The molecule has 1 N–H and O–H groups in total. The molecule has 2 rings (SSSR count). The molecule has 0 spiro atoms. The standard InChI is InChI=1S/C11H12ClN3OS/c1-16-6-5-13-11-14-10(15-17-11)8-3-2-4-9(12)7-8/h2-4,7H,5-6H2,1H3,(H,13,14,15). The van der Waals surface area contributed by atoms with Gasteiger partial charge in [-0.15, -0.1) is 0 Å². The number of aromatic nitrogens is 2. The molecule has 6 heteroatoms. The van der Waals surface area contributed by atoms with Crippen LogP contribution in [0.2, 0.25) is 5.02 Å². The quantitative estimate of drug-likeness (QED) is 0.848. The van der Waals surface area contributed by atoms with E-state index in [1.807, 2.05) is 24.3 Å². The summed E-state index contributed by atoms with van der Waals surface area (Å²) in [5.74, 6) is 0.692. The molecule has 4 nitrogen and oxygen atoms in total. The zero-order valence-corrected chi connectivity index (χ0v) is 10.9. The smallest absolute Gasteiger partial charge is 0.202 e. The van der Waals surface area contributed by atoms with Crippen LogP contribution in [0.15, 0.2) is 24.3 Å². The van der Waals surface area contributed by atoms with Crippen LogP contribution in [0.25, 0.3) is 11.4 Å². The lowest BCUT2D eigenvalue weighted by Crippen LogP contribution is -2.06. The Morgan fingerprint density at radius 1 is 1.47 bits per heavy atom. The summed E-state index contributed by atoms with van der Waals surface area (Å²) < 4.78 is 9.22. The minimum atomic E-state index is 0.645. The van der Waals surface area contributed by atoms with Crippen molar-refractivity contribution in [2.24, 2.45) is 0 Å². The van der Waals surface area contributed by atoms with Crippen LogP contribution in [0, 0.1) is 0 Å². The molecular weight excluding hydrogens is 258 g/mol. The first-order chi connectivity index (χ1) is 8.29. The zero-order valence-electron chi connectivity index (χ0n) is 9.31. The number of anilines is 1. The van der Waals surface area contributed by atoms with Crippen LogP contribution >= 0.6 is 23.1 Å². The molecule has 0 saturated heterocycles. The van der Waals surface area contributed by atoms with E-state index in [-0.39, 0.29) is 0 Å². The summed E-state index contributed by atoms with van der Waals surface area (Å²) in [4.78, 5) is 4.38. The Balaban J connectivity index is 2.07. The monoisotopic (exact) mass is 269 g/mol. The van der Waals surface area contributed by atoms with Crippen molar-refractivity contribution >= 4 is 28.3 Å². The van der Waals surface area contributed by atoms with Crippen LogP contribution in [0.3, 0.4) is 0 Å². The maximum Gasteiger partial charge on any atom is 0.202 e. The molecule has 0 aliphatic heterocycles. The van der Waals surface area contributed by atoms with E-state index >= 15 is 0 Å². The van der Waals surface area contributed by atoms with Gasteiger partial charge in [0, 0.05) is 35.8 Å². The third kappa shape index (κ3) is 3.39. The average Bonchev–Trinajstić information content (AvgIpc) is 2.78. The van der Waals surface area contributed by atoms with Crippen LogP contribution in [0.1, 0.15) is 0 Å². The molecule has 0 fully saturated rings. The van der Waals surface area contributed by atoms with Gasteiger partial charge in [0.05, 0.1) is 6.61 Å². The van der Waals surface area contributed by atoms with E-state index in [1.165, 1.54) is 11.5 Å². The van der Waals surface area contributed by atoms with Crippen molar-refractivity contribution in [3.05, 3.63) is 29.3 Å². The summed E-state index contributed by atoms with van der Waals surface area (Å²) in [6, 6.07) is 7.50. The van der Waals surface area contributed by atoms with Gasteiger partial charge < -0.3 is 10.1 Å². The third-order valence-electron chi connectivity index (χ3n) is 2.09. The van der Waals surface area contributed by atoms with Crippen molar-refractivity contribution in [2.45, 2.75) is 0 Å². The number of nitrogens with one attached hydrogen (secondary N) is 1. The molecule has 1 aromatic carbocycles. The topological polar surface area (TPSA) is 47.0 Å². The third-order valence-corrected chi connectivity index (χ3v) is 3.00. The highest BCUT2D eigenvalue weighted by Gasteiger charge is 2.06. The van der Waals surface area contributed by atoms with E-state index in [1.54, 1.807) is 7.11 Å². The highest BCUT2D eigenvalue weighted by molar-refractivity contribution is 7.09. The number of halogens is 1. The average molecular weight is 270 g/mol. The molecule has 1 heterocycles. The van der Waals surface area contributed by atoms with Crippen molar-refractivity contribution in [3.8, 4) is 11.4 Å². The van der Waals surface area contributed by atoms with Crippen LogP contribution in [-0.2, 0) is 4.74 Å². The summed E-state index contributed by atoms with van der Waals surface area (Å²) in [6.07, 6.45) is 0. The van der Waals surface area contributed by atoms with E-state index in [9.17, 15) is 0 Å². The second-order valence-electron chi connectivity index (χ2n) is 3.35. The molecule has 0 bridgehead atoms. The maximum absolute atomic E-state index is 5.92. The molecule has 0 radical (unpaired) electrons. The van der Waals surface area contributed by atoms with Gasteiger partial charge in [-0.1, -0.05) is 23.7 Å². The Morgan fingerprint density at radius 2 is 2.35 bits per heavy atom. The normalized spacial score (nSPS) is 10.5. The number of ether oxygens (including phenoxy) is 1. The molecule has 17 heavy (non-hydrogen) atoms.